The van der Waals surface area contributed by atoms with Gasteiger partial charge in [-0.15, -0.1) is 0 Å². The molecule has 0 atom stereocenters. The van der Waals surface area contributed by atoms with Crippen LogP contribution in [0.3, 0.4) is 0 Å². The first-order chi connectivity index (χ1) is 14.7. The molecule has 0 radical (unpaired) electrons. The number of sulfonamides is 1. The Balaban J connectivity index is 1.76. The highest BCUT2D eigenvalue weighted by atomic mass is 35.5. The number of phenolic OH excluding ortho intramolecular Hbond substituents is 2. The minimum absolute atomic E-state index is 0.0344. The zero-order chi connectivity index (χ0) is 22.6. The molecule has 3 rings (SSSR count). The van der Waals surface area contributed by atoms with Crippen molar-refractivity contribution >= 4 is 51.0 Å². The van der Waals surface area contributed by atoms with Crippen LogP contribution in [0.1, 0.15) is 15.9 Å². The van der Waals surface area contributed by atoms with Gasteiger partial charge in [-0.2, -0.15) is 5.10 Å². The SMILES string of the molecule is O=C(NN=Cc1ccc(O)cc1O)c1cccc(S(=O)(=O)Nc2cc(Cl)ccc2Cl)c1. The molecule has 0 aliphatic carbocycles. The van der Waals surface area contributed by atoms with Gasteiger partial charge in [-0.1, -0.05) is 29.3 Å². The first kappa shape index (κ1) is 22.4. The Bertz CT molecular complexity index is 1280. The smallest absolute Gasteiger partial charge is 0.271 e. The van der Waals surface area contributed by atoms with Gasteiger partial charge in [0.2, 0.25) is 0 Å². The van der Waals surface area contributed by atoms with Gasteiger partial charge >= 0.3 is 0 Å². The number of anilines is 1. The van der Waals surface area contributed by atoms with Crippen molar-refractivity contribution in [2.24, 2.45) is 5.10 Å². The Hall–Kier alpha value is -3.27. The second kappa shape index (κ2) is 9.25. The molecule has 0 aliphatic rings. The number of carbonyl (C=O) groups excluding carboxylic acids is 1. The van der Waals surface area contributed by atoms with E-state index >= 15 is 0 Å². The number of hydrogen-bond acceptors (Lipinski definition) is 6. The van der Waals surface area contributed by atoms with Crippen LogP contribution in [0.2, 0.25) is 10.0 Å². The summed E-state index contributed by atoms with van der Waals surface area (Å²) in [5, 5.41) is 23.2. The maximum absolute atomic E-state index is 12.7. The van der Waals surface area contributed by atoms with Crippen molar-refractivity contribution in [2.45, 2.75) is 4.90 Å². The van der Waals surface area contributed by atoms with E-state index < -0.39 is 15.9 Å². The Kier molecular flexibility index (Phi) is 6.69. The molecule has 1 amide bonds. The Morgan fingerprint density at radius 3 is 2.52 bits per heavy atom. The van der Waals surface area contributed by atoms with Crippen LogP contribution in [0.4, 0.5) is 5.69 Å². The lowest BCUT2D eigenvalue weighted by Gasteiger charge is -2.11. The molecule has 3 aromatic carbocycles. The minimum atomic E-state index is -4.05. The van der Waals surface area contributed by atoms with Gasteiger partial charge in [0, 0.05) is 22.2 Å². The molecule has 11 heteroatoms. The van der Waals surface area contributed by atoms with E-state index in [2.05, 4.69) is 15.2 Å². The second-order valence-corrected chi connectivity index (χ2v) is 8.73. The van der Waals surface area contributed by atoms with Gasteiger partial charge in [-0.3, -0.25) is 9.52 Å². The van der Waals surface area contributed by atoms with Crippen molar-refractivity contribution in [2.75, 3.05) is 4.72 Å². The summed E-state index contributed by atoms with van der Waals surface area (Å²) in [7, 11) is -4.05. The van der Waals surface area contributed by atoms with Gasteiger partial charge in [0.25, 0.3) is 15.9 Å². The fraction of sp³-hybridized carbons (Fsp3) is 0. The number of phenols is 2. The van der Waals surface area contributed by atoms with Gasteiger partial charge in [0.1, 0.15) is 11.5 Å². The van der Waals surface area contributed by atoms with Crippen molar-refractivity contribution in [1.29, 1.82) is 0 Å². The summed E-state index contributed by atoms with van der Waals surface area (Å²) in [5.74, 6) is -1.02. The molecule has 3 aromatic rings. The topological polar surface area (TPSA) is 128 Å². The minimum Gasteiger partial charge on any atom is -0.508 e. The third kappa shape index (κ3) is 5.66. The molecule has 0 saturated heterocycles. The molecular formula is C20H15Cl2N3O5S. The number of aromatic hydroxyl groups is 2. The summed E-state index contributed by atoms with van der Waals surface area (Å²) in [6.45, 7) is 0. The van der Waals surface area contributed by atoms with E-state index in [4.69, 9.17) is 23.2 Å². The normalized spacial score (nSPS) is 11.4. The van der Waals surface area contributed by atoms with E-state index in [1.807, 2.05) is 0 Å². The van der Waals surface area contributed by atoms with E-state index in [9.17, 15) is 23.4 Å². The molecule has 160 valence electrons. The fourth-order valence-electron chi connectivity index (χ4n) is 2.45. The zero-order valence-corrected chi connectivity index (χ0v) is 17.9. The number of hydrogen-bond donors (Lipinski definition) is 4. The van der Waals surface area contributed by atoms with Gasteiger partial charge in [0.15, 0.2) is 0 Å². The van der Waals surface area contributed by atoms with Gasteiger partial charge in [-0.25, -0.2) is 13.8 Å². The quantitative estimate of drug-likeness (QED) is 0.314. The van der Waals surface area contributed by atoms with E-state index in [0.717, 1.165) is 6.07 Å². The highest BCUT2D eigenvalue weighted by Gasteiger charge is 2.18. The average Bonchev–Trinajstić information content (AvgIpc) is 2.72. The highest BCUT2D eigenvalue weighted by molar-refractivity contribution is 7.92. The predicted molar refractivity (Wildman–Crippen MR) is 119 cm³/mol. The summed E-state index contributed by atoms with van der Waals surface area (Å²) in [5.41, 5.74) is 2.63. The third-order valence-electron chi connectivity index (χ3n) is 3.96. The van der Waals surface area contributed by atoms with Crippen molar-refractivity contribution in [3.05, 3.63) is 81.8 Å². The van der Waals surface area contributed by atoms with Crippen LogP contribution in [0, 0.1) is 0 Å². The lowest BCUT2D eigenvalue weighted by Crippen LogP contribution is -2.19. The summed E-state index contributed by atoms with van der Waals surface area (Å²) < 4.78 is 27.7. The first-order valence-corrected chi connectivity index (χ1v) is 10.8. The lowest BCUT2D eigenvalue weighted by atomic mass is 10.2. The summed E-state index contributed by atoms with van der Waals surface area (Å²) in [6.07, 6.45) is 1.18. The number of hydrazone groups is 1. The van der Waals surface area contributed by atoms with Crippen LogP contribution >= 0.6 is 23.2 Å². The van der Waals surface area contributed by atoms with E-state index in [1.165, 1.54) is 60.8 Å². The molecule has 31 heavy (non-hydrogen) atoms. The molecule has 0 fully saturated rings. The van der Waals surface area contributed by atoms with Crippen molar-refractivity contribution in [3.63, 3.8) is 0 Å². The lowest BCUT2D eigenvalue weighted by molar-refractivity contribution is 0.0955. The highest BCUT2D eigenvalue weighted by Crippen LogP contribution is 2.28. The number of nitrogens with one attached hydrogen (secondary N) is 2. The molecule has 0 bridgehead atoms. The number of benzene rings is 3. The molecule has 0 unspecified atom stereocenters. The van der Waals surface area contributed by atoms with Crippen LogP contribution in [0.15, 0.2) is 70.7 Å². The Labute approximate surface area is 187 Å². The van der Waals surface area contributed by atoms with E-state index in [0.29, 0.717) is 5.02 Å². The van der Waals surface area contributed by atoms with Crippen LogP contribution < -0.4 is 10.1 Å². The molecule has 0 aromatic heterocycles. The predicted octanol–water partition coefficient (Wildman–Crippen LogP) is 3.97. The van der Waals surface area contributed by atoms with Crippen molar-refractivity contribution in [3.8, 4) is 11.5 Å². The van der Waals surface area contributed by atoms with Crippen LogP contribution in [-0.2, 0) is 10.0 Å². The van der Waals surface area contributed by atoms with E-state index in [1.54, 1.807) is 0 Å². The molecule has 0 aliphatic heterocycles. The molecule has 0 spiro atoms. The van der Waals surface area contributed by atoms with Gasteiger partial charge < -0.3 is 10.2 Å². The largest absolute Gasteiger partial charge is 0.508 e. The molecule has 8 nitrogen and oxygen atoms in total. The number of rotatable bonds is 6. The number of halogens is 2. The van der Waals surface area contributed by atoms with Crippen LogP contribution in [0.25, 0.3) is 0 Å². The van der Waals surface area contributed by atoms with Gasteiger partial charge in [0.05, 0.1) is 21.8 Å². The number of amides is 1. The third-order valence-corrected chi connectivity index (χ3v) is 5.89. The molecule has 0 saturated carbocycles. The summed E-state index contributed by atoms with van der Waals surface area (Å²) in [4.78, 5) is 12.2. The Morgan fingerprint density at radius 1 is 1.00 bits per heavy atom. The molecule has 4 N–H and O–H groups in total. The number of carbonyl (C=O) groups is 1. The Morgan fingerprint density at radius 2 is 1.77 bits per heavy atom. The van der Waals surface area contributed by atoms with Crippen LogP contribution in [0.5, 0.6) is 11.5 Å². The standard InChI is InChI=1S/C20H15Cl2N3O5S/c21-14-5-7-17(22)18(9-14)25-31(29,30)16-3-1-2-12(8-16)20(28)24-23-11-13-4-6-15(26)10-19(13)27/h1-11,25-27H,(H,24,28). The van der Waals surface area contributed by atoms with Gasteiger partial charge in [-0.05, 0) is 48.5 Å². The fourth-order valence-corrected chi connectivity index (χ4v) is 3.96. The van der Waals surface area contributed by atoms with E-state index in [-0.39, 0.29) is 38.2 Å². The summed E-state index contributed by atoms with van der Waals surface area (Å²) >= 11 is 11.9. The molecular weight excluding hydrogens is 465 g/mol. The average molecular weight is 480 g/mol. The second-order valence-electron chi connectivity index (χ2n) is 6.20. The first-order valence-electron chi connectivity index (χ1n) is 8.59. The zero-order valence-electron chi connectivity index (χ0n) is 15.6. The molecule has 0 heterocycles. The monoisotopic (exact) mass is 479 g/mol. The van der Waals surface area contributed by atoms with Crippen molar-refractivity contribution < 1.29 is 23.4 Å². The number of nitrogens with zero attached hydrogens (tertiary/aromatic N) is 1. The maximum atomic E-state index is 12.7. The maximum Gasteiger partial charge on any atom is 0.271 e. The van der Waals surface area contributed by atoms with Crippen molar-refractivity contribution in [1.82, 2.24) is 5.43 Å². The van der Waals surface area contributed by atoms with Crippen LogP contribution in [-0.4, -0.2) is 30.8 Å². The summed E-state index contributed by atoms with van der Waals surface area (Å²) in [6, 6.07) is 13.5.